The van der Waals surface area contributed by atoms with Crippen LogP contribution in [0.4, 0.5) is 13.2 Å². The fraction of sp³-hybridized carbons (Fsp3) is 0. The van der Waals surface area contributed by atoms with Gasteiger partial charge in [0.2, 0.25) is 5.89 Å². The molecule has 0 aliphatic heterocycles. The molecule has 0 atom stereocenters. The number of halogens is 3. The highest BCUT2D eigenvalue weighted by molar-refractivity contribution is 5.61. The first kappa shape index (κ1) is 12.4. The van der Waals surface area contributed by atoms with Crippen LogP contribution >= 0.6 is 0 Å². The zero-order valence-corrected chi connectivity index (χ0v) is 9.98. The second kappa shape index (κ2) is 4.80. The van der Waals surface area contributed by atoms with E-state index in [1.54, 1.807) is 24.4 Å². The largest absolute Gasteiger partial charge is 0.444 e. The summed E-state index contributed by atoms with van der Waals surface area (Å²) in [5, 5.41) is 0. The second-order valence-electron chi connectivity index (χ2n) is 3.97. The van der Waals surface area contributed by atoms with E-state index in [1.165, 1.54) is 6.26 Å². The van der Waals surface area contributed by atoms with Gasteiger partial charge in [0.1, 0.15) is 23.3 Å². The Hall–Kier alpha value is -2.63. The zero-order valence-electron chi connectivity index (χ0n) is 9.98. The number of pyridine rings is 1. The smallest absolute Gasteiger partial charge is 0.232 e. The Labute approximate surface area is 111 Å². The summed E-state index contributed by atoms with van der Waals surface area (Å²) in [5.74, 6) is -3.78. The van der Waals surface area contributed by atoms with Crippen LogP contribution in [0.5, 0.6) is 0 Å². The van der Waals surface area contributed by atoms with Gasteiger partial charge in [0.15, 0.2) is 11.6 Å². The molecular weight excluding hydrogens is 269 g/mol. The molecule has 0 spiro atoms. The molecule has 3 nitrogen and oxygen atoms in total. The maximum Gasteiger partial charge on any atom is 0.232 e. The van der Waals surface area contributed by atoms with Gasteiger partial charge in [-0.25, -0.2) is 18.2 Å². The van der Waals surface area contributed by atoms with Gasteiger partial charge in [0.05, 0.1) is 5.69 Å². The molecule has 20 heavy (non-hydrogen) atoms. The molecule has 0 N–H and O–H groups in total. The van der Waals surface area contributed by atoms with E-state index in [0.29, 0.717) is 17.5 Å². The highest BCUT2D eigenvalue weighted by Gasteiger charge is 2.20. The molecule has 0 aliphatic rings. The average molecular weight is 276 g/mol. The van der Waals surface area contributed by atoms with Crippen molar-refractivity contribution in [1.82, 2.24) is 9.97 Å². The van der Waals surface area contributed by atoms with Crippen molar-refractivity contribution < 1.29 is 17.6 Å². The molecule has 0 fully saturated rings. The predicted octanol–water partition coefficient (Wildman–Crippen LogP) is 3.82. The molecule has 1 aromatic carbocycles. The SMILES string of the molecule is Fc1ccc(F)c(-c2nc(-c3ccccn3)co2)c1F. The molecule has 3 aromatic rings. The molecule has 6 heteroatoms. The van der Waals surface area contributed by atoms with Crippen LogP contribution in [0, 0.1) is 17.5 Å². The van der Waals surface area contributed by atoms with Gasteiger partial charge >= 0.3 is 0 Å². The van der Waals surface area contributed by atoms with Gasteiger partial charge < -0.3 is 4.42 Å². The summed E-state index contributed by atoms with van der Waals surface area (Å²) in [6.07, 6.45) is 2.76. The summed E-state index contributed by atoms with van der Waals surface area (Å²) >= 11 is 0. The van der Waals surface area contributed by atoms with Crippen molar-refractivity contribution in [2.45, 2.75) is 0 Å². The Morgan fingerprint density at radius 3 is 2.45 bits per heavy atom. The molecule has 2 heterocycles. The Kier molecular flexibility index (Phi) is 2.98. The summed E-state index contributed by atoms with van der Waals surface area (Å²) in [6, 6.07) is 6.64. The normalized spacial score (nSPS) is 10.8. The molecular formula is C14H7F3N2O. The van der Waals surface area contributed by atoms with Gasteiger partial charge in [-0.1, -0.05) is 6.07 Å². The zero-order chi connectivity index (χ0) is 14.1. The van der Waals surface area contributed by atoms with Crippen LogP contribution in [0.25, 0.3) is 22.8 Å². The topological polar surface area (TPSA) is 38.9 Å². The van der Waals surface area contributed by atoms with Crippen molar-refractivity contribution >= 4 is 0 Å². The average Bonchev–Trinajstić information content (AvgIpc) is 2.94. The first-order chi connectivity index (χ1) is 9.66. The van der Waals surface area contributed by atoms with E-state index in [0.717, 1.165) is 6.07 Å². The fourth-order valence-electron chi connectivity index (χ4n) is 1.74. The number of rotatable bonds is 2. The lowest BCUT2D eigenvalue weighted by molar-refractivity contribution is 0.487. The first-order valence-electron chi connectivity index (χ1n) is 5.67. The van der Waals surface area contributed by atoms with Crippen molar-refractivity contribution in [3.8, 4) is 22.8 Å². The van der Waals surface area contributed by atoms with Crippen molar-refractivity contribution in [2.24, 2.45) is 0 Å². The standard InChI is InChI=1S/C14H7F3N2O/c15-8-4-5-9(16)13(17)12(8)14-19-11(7-20-14)10-3-1-2-6-18-10/h1-7H. The molecule has 0 unspecified atom stereocenters. The lowest BCUT2D eigenvalue weighted by atomic mass is 10.2. The van der Waals surface area contributed by atoms with Gasteiger partial charge in [0.25, 0.3) is 0 Å². The van der Waals surface area contributed by atoms with Crippen LogP contribution in [0.1, 0.15) is 0 Å². The fourth-order valence-corrected chi connectivity index (χ4v) is 1.74. The number of oxazole rings is 1. The van der Waals surface area contributed by atoms with Crippen molar-refractivity contribution in [3.63, 3.8) is 0 Å². The maximum atomic E-state index is 13.6. The molecule has 0 radical (unpaired) electrons. The summed E-state index contributed by atoms with van der Waals surface area (Å²) < 4.78 is 45.4. The minimum atomic E-state index is -1.33. The number of aromatic nitrogens is 2. The van der Waals surface area contributed by atoms with E-state index < -0.39 is 23.0 Å². The van der Waals surface area contributed by atoms with Crippen molar-refractivity contribution in [1.29, 1.82) is 0 Å². The molecule has 0 bridgehead atoms. The Balaban J connectivity index is 2.10. The van der Waals surface area contributed by atoms with Crippen LogP contribution < -0.4 is 0 Å². The summed E-state index contributed by atoms with van der Waals surface area (Å²) in [4.78, 5) is 7.97. The molecule has 100 valence electrons. The molecule has 0 saturated heterocycles. The van der Waals surface area contributed by atoms with Gasteiger partial charge in [-0.15, -0.1) is 0 Å². The first-order valence-corrected chi connectivity index (χ1v) is 5.67. The van der Waals surface area contributed by atoms with Gasteiger partial charge in [-0.2, -0.15) is 0 Å². The summed E-state index contributed by atoms with van der Waals surface area (Å²) in [6.45, 7) is 0. The minimum Gasteiger partial charge on any atom is -0.444 e. The van der Waals surface area contributed by atoms with Crippen LogP contribution in [-0.2, 0) is 0 Å². The van der Waals surface area contributed by atoms with Gasteiger partial charge in [-0.3, -0.25) is 4.98 Å². The van der Waals surface area contributed by atoms with E-state index >= 15 is 0 Å². The number of benzene rings is 1. The summed E-state index contributed by atoms with van der Waals surface area (Å²) in [5.41, 5.74) is 0.163. The highest BCUT2D eigenvalue weighted by Crippen LogP contribution is 2.29. The molecule has 2 aromatic heterocycles. The van der Waals surface area contributed by atoms with E-state index in [2.05, 4.69) is 9.97 Å². The van der Waals surface area contributed by atoms with Crippen LogP contribution in [0.15, 0.2) is 47.2 Å². The maximum absolute atomic E-state index is 13.6. The third kappa shape index (κ3) is 2.05. The van der Waals surface area contributed by atoms with Crippen LogP contribution in [-0.4, -0.2) is 9.97 Å². The lowest BCUT2D eigenvalue weighted by Crippen LogP contribution is -1.94. The van der Waals surface area contributed by atoms with E-state index in [9.17, 15) is 13.2 Å². The molecule has 0 amide bonds. The second-order valence-corrected chi connectivity index (χ2v) is 3.97. The lowest BCUT2D eigenvalue weighted by Gasteiger charge is -2.00. The molecule has 0 saturated carbocycles. The predicted molar refractivity (Wildman–Crippen MR) is 65.0 cm³/mol. The third-order valence-corrected chi connectivity index (χ3v) is 2.69. The van der Waals surface area contributed by atoms with E-state index in [-0.39, 0.29) is 5.89 Å². The Morgan fingerprint density at radius 2 is 1.70 bits per heavy atom. The quantitative estimate of drug-likeness (QED) is 0.668. The highest BCUT2D eigenvalue weighted by atomic mass is 19.2. The summed E-state index contributed by atoms with van der Waals surface area (Å²) in [7, 11) is 0. The van der Waals surface area contributed by atoms with Crippen molar-refractivity contribution in [2.75, 3.05) is 0 Å². The molecule has 0 aliphatic carbocycles. The minimum absolute atomic E-state index is 0.309. The number of hydrogen-bond acceptors (Lipinski definition) is 3. The Morgan fingerprint density at radius 1 is 0.900 bits per heavy atom. The van der Waals surface area contributed by atoms with Gasteiger partial charge in [0, 0.05) is 6.20 Å². The van der Waals surface area contributed by atoms with Gasteiger partial charge in [-0.05, 0) is 24.3 Å². The number of hydrogen-bond donors (Lipinski definition) is 0. The monoisotopic (exact) mass is 276 g/mol. The molecule has 3 rings (SSSR count). The Bertz CT molecular complexity index is 756. The van der Waals surface area contributed by atoms with Crippen LogP contribution in [0.3, 0.4) is 0 Å². The van der Waals surface area contributed by atoms with Crippen LogP contribution in [0.2, 0.25) is 0 Å². The third-order valence-electron chi connectivity index (χ3n) is 2.69. The number of nitrogens with zero attached hydrogens (tertiary/aromatic N) is 2. The van der Waals surface area contributed by atoms with Crippen molar-refractivity contribution in [3.05, 3.63) is 60.2 Å². The van der Waals surface area contributed by atoms with E-state index in [4.69, 9.17) is 4.42 Å². The van der Waals surface area contributed by atoms with E-state index in [1.807, 2.05) is 0 Å².